The van der Waals surface area contributed by atoms with E-state index >= 15 is 0 Å². The average Bonchev–Trinajstić information content (AvgIpc) is 3.06. The summed E-state index contributed by atoms with van der Waals surface area (Å²) in [5.41, 5.74) is 0.754. The molecule has 1 unspecified atom stereocenters. The molecule has 6 nitrogen and oxygen atoms in total. The number of benzene rings is 1. The van der Waals surface area contributed by atoms with Crippen LogP contribution in [0.25, 0.3) is 0 Å². The lowest BCUT2D eigenvalue weighted by Gasteiger charge is -2.14. The van der Waals surface area contributed by atoms with Gasteiger partial charge in [0.2, 0.25) is 6.79 Å². The first-order valence-electron chi connectivity index (χ1n) is 6.71. The lowest BCUT2D eigenvalue weighted by Crippen LogP contribution is -2.12. The van der Waals surface area contributed by atoms with Crippen molar-refractivity contribution in [3.63, 3.8) is 0 Å². The van der Waals surface area contributed by atoms with Crippen LogP contribution < -0.4 is 9.47 Å². The third-order valence-corrected chi connectivity index (χ3v) is 3.94. The summed E-state index contributed by atoms with van der Waals surface area (Å²) in [5.74, 6) is 2.08. The zero-order valence-corrected chi connectivity index (χ0v) is 13.4. The summed E-state index contributed by atoms with van der Waals surface area (Å²) in [6.07, 6.45) is 1.22. The fourth-order valence-corrected chi connectivity index (χ4v) is 2.90. The molecule has 1 N–H and O–H groups in total. The topological polar surface area (TPSA) is 69.4 Å². The fourth-order valence-electron chi connectivity index (χ4n) is 2.32. The van der Waals surface area contributed by atoms with Crippen LogP contribution in [0.3, 0.4) is 0 Å². The van der Waals surface area contributed by atoms with Crippen molar-refractivity contribution in [2.24, 2.45) is 0 Å². The molecule has 21 heavy (non-hydrogen) atoms. The highest BCUT2D eigenvalue weighted by Gasteiger charge is 2.22. The number of halogens is 1. The van der Waals surface area contributed by atoms with Gasteiger partial charge in [-0.2, -0.15) is 5.10 Å². The quantitative estimate of drug-likeness (QED) is 0.914. The van der Waals surface area contributed by atoms with Crippen LogP contribution in [0.4, 0.5) is 0 Å². The highest BCUT2D eigenvalue weighted by atomic mass is 79.9. The Morgan fingerprint density at radius 1 is 1.38 bits per heavy atom. The van der Waals surface area contributed by atoms with Gasteiger partial charge in [0.15, 0.2) is 11.5 Å². The molecule has 1 atom stereocenters. The first-order valence-corrected chi connectivity index (χ1v) is 7.51. The Kier molecular flexibility index (Phi) is 3.86. The molecule has 0 radical (unpaired) electrons. The molecule has 0 fully saturated rings. The summed E-state index contributed by atoms with van der Waals surface area (Å²) in [6, 6.07) is 3.85. The summed E-state index contributed by atoms with van der Waals surface area (Å²) in [5, 5.41) is 14.6. The van der Waals surface area contributed by atoms with E-state index in [9.17, 15) is 5.11 Å². The van der Waals surface area contributed by atoms with E-state index in [0.717, 1.165) is 15.9 Å². The van der Waals surface area contributed by atoms with Gasteiger partial charge >= 0.3 is 0 Å². The minimum Gasteiger partial charge on any atom is -0.454 e. The van der Waals surface area contributed by atoms with Crippen molar-refractivity contribution in [2.45, 2.75) is 32.4 Å². The van der Waals surface area contributed by atoms with E-state index in [1.807, 2.05) is 24.6 Å². The summed E-state index contributed by atoms with van der Waals surface area (Å²) in [7, 11) is 0. The molecule has 0 bridgehead atoms. The van der Waals surface area contributed by atoms with Crippen molar-refractivity contribution < 1.29 is 14.6 Å². The van der Waals surface area contributed by atoms with Crippen LogP contribution in [0.15, 0.2) is 22.9 Å². The molecule has 1 aromatic carbocycles. The number of nitrogens with zero attached hydrogens (tertiary/aromatic N) is 3. The first kappa shape index (κ1) is 14.3. The van der Waals surface area contributed by atoms with E-state index in [1.165, 1.54) is 6.33 Å². The van der Waals surface area contributed by atoms with E-state index in [1.54, 1.807) is 6.07 Å². The molecule has 1 aliphatic rings. The van der Waals surface area contributed by atoms with Crippen LogP contribution in [-0.2, 0) is 6.42 Å². The highest BCUT2D eigenvalue weighted by Crippen LogP contribution is 2.41. The van der Waals surface area contributed by atoms with Gasteiger partial charge in [-0.1, -0.05) is 0 Å². The average molecular weight is 354 g/mol. The second kappa shape index (κ2) is 5.65. The number of aromatic nitrogens is 3. The van der Waals surface area contributed by atoms with Crippen molar-refractivity contribution in [3.8, 4) is 11.5 Å². The molecule has 0 saturated carbocycles. The van der Waals surface area contributed by atoms with Gasteiger partial charge in [-0.25, -0.2) is 9.67 Å². The molecule has 0 spiro atoms. The smallest absolute Gasteiger partial charge is 0.231 e. The van der Waals surface area contributed by atoms with Gasteiger partial charge in [0, 0.05) is 12.5 Å². The summed E-state index contributed by atoms with van der Waals surface area (Å²) in [6.45, 7) is 4.26. The maximum atomic E-state index is 10.5. The third kappa shape index (κ3) is 2.75. The monoisotopic (exact) mass is 353 g/mol. The maximum absolute atomic E-state index is 10.5. The molecule has 2 aromatic rings. The molecule has 2 heterocycles. The summed E-state index contributed by atoms with van der Waals surface area (Å²) in [4.78, 5) is 4.22. The number of hydrogen-bond acceptors (Lipinski definition) is 5. The van der Waals surface area contributed by atoms with Crippen molar-refractivity contribution in [2.75, 3.05) is 6.79 Å². The number of aliphatic hydroxyl groups is 1. The van der Waals surface area contributed by atoms with Gasteiger partial charge < -0.3 is 14.6 Å². The van der Waals surface area contributed by atoms with E-state index in [4.69, 9.17) is 9.47 Å². The normalized spacial score (nSPS) is 14.7. The third-order valence-electron chi connectivity index (χ3n) is 3.35. The molecule has 0 saturated heterocycles. The standard InChI is InChI=1S/C14H16BrN3O3/c1-8(2)18-13(16-6-17-18)5-11(19)9-3-10(15)14-12(4-9)20-7-21-14/h3-4,6,8,11,19H,5,7H2,1-2H3. The van der Waals surface area contributed by atoms with Crippen molar-refractivity contribution in [1.29, 1.82) is 0 Å². The summed E-state index contributed by atoms with van der Waals surface area (Å²) < 4.78 is 13.3. The predicted molar refractivity (Wildman–Crippen MR) is 79.3 cm³/mol. The highest BCUT2D eigenvalue weighted by molar-refractivity contribution is 9.10. The van der Waals surface area contributed by atoms with Crippen LogP contribution in [-0.4, -0.2) is 26.7 Å². The van der Waals surface area contributed by atoms with Crippen LogP contribution in [0.2, 0.25) is 0 Å². The molecular weight excluding hydrogens is 338 g/mol. The zero-order chi connectivity index (χ0) is 15.0. The van der Waals surface area contributed by atoms with Gasteiger partial charge in [-0.05, 0) is 47.5 Å². The van der Waals surface area contributed by atoms with E-state index in [0.29, 0.717) is 17.9 Å². The van der Waals surface area contributed by atoms with E-state index < -0.39 is 6.10 Å². The van der Waals surface area contributed by atoms with Crippen LogP contribution in [0.1, 0.15) is 37.4 Å². The fraction of sp³-hybridized carbons (Fsp3) is 0.429. The number of rotatable bonds is 4. The van der Waals surface area contributed by atoms with Gasteiger partial charge in [0.1, 0.15) is 12.2 Å². The number of hydrogen-bond donors (Lipinski definition) is 1. The van der Waals surface area contributed by atoms with Crippen LogP contribution >= 0.6 is 15.9 Å². The molecule has 0 aliphatic carbocycles. The van der Waals surface area contributed by atoms with Crippen LogP contribution in [0.5, 0.6) is 11.5 Å². The molecule has 1 aliphatic heterocycles. The molecule has 1 aromatic heterocycles. The number of ether oxygens (including phenoxy) is 2. The van der Waals surface area contributed by atoms with Crippen LogP contribution in [0, 0.1) is 0 Å². The molecule has 3 rings (SSSR count). The van der Waals surface area contributed by atoms with Crippen molar-refractivity contribution in [3.05, 3.63) is 34.3 Å². The Morgan fingerprint density at radius 3 is 2.95 bits per heavy atom. The van der Waals surface area contributed by atoms with Gasteiger partial charge in [0.05, 0.1) is 10.6 Å². The minimum absolute atomic E-state index is 0.204. The molecule has 0 amide bonds. The Bertz CT molecular complexity index is 657. The second-order valence-corrected chi connectivity index (χ2v) is 6.03. The Morgan fingerprint density at radius 2 is 2.19 bits per heavy atom. The molecular formula is C14H16BrN3O3. The zero-order valence-electron chi connectivity index (χ0n) is 11.8. The van der Waals surface area contributed by atoms with Gasteiger partial charge in [-0.15, -0.1) is 0 Å². The van der Waals surface area contributed by atoms with E-state index in [2.05, 4.69) is 26.0 Å². The molecule has 112 valence electrons. The minimum atomic E-state index is -0.683. The Hall–Kier alpha value is -1.60. The Balaban J connectivity index is 1.84. The SMILES string of the molecule is CC(C)n1ncnc1CC(O)c1cc(Br)c2c(c1)OCO2. The predicted octanol–water partition coefficient (Wildman–Crippen LogP) is 2.63. The lowest BCUT2D eigenvalue weighted by atomic mass is 10.1. The maximum Gasteiger partial charge on any atom is 0.231 e. The first-order chi connectivity index (χ1) is 10.1. The van der Waals surface area contributed by atoms with Crippen molar-refractivity contribution in [1.82, 2.24) is 14.8 Å². The number of fused-ring (bicyclic) bond motifs is 1. The largest absolute Gasteiger partial charge is 0.454 e. The Labute approximate surface area is 130 Å². The lowest BCUT2D eigenvalue weighted by molar-refractivity contribution is 0.169. The summed E-state index contributed by atoms with van der Waals surface area (Å²) >= 11 is 3.43. The van der Waals surface area contributed by atoms with Gasteiger partial charge in [-0.3, -0.25) is 0 Å². The van der Waals surface area contributed by atoms with Gasteiger partial charge in [0.25, 0.3) is 0 Å². The van der Waals surface area contributed by atoms with Crippen molar-refractivity contribution >= 4 is 15.9 Å². The second-order valence-electron chi connectivity index (χ2n) is 5.17. The number of aliphatic hydroxyl groups excluding tert-OH is 1. The van der Waals surface area contributed by atoms with E-state index in [-0.39, 0.29) is 12.8 Å². The molecule has 7 heteroatoms.